The second kappa shape index (κ2) is 7.40. The Labute approximate surface area is 119 Å². The zero-order valence-corrected chi connectivity index (χ0v) is 12.2. The Bertz CT molecular complexity index is 425. The summed E-state index contributed by atoms with van der Waals surface area (Å²) < 4.78 is 5.22. The molecule has 2 heterocycles. The summed E-state index contributed by atoms with van der Waals surface area (Å²) in [6, 6.07) is 1.96. The van der Waals surface area contributed by atoms with Crippen molar-refractivity contribution in [2.45, 2.75) is 32.7 Å². The van der Waals surface area contributed by atoms with Gasteiger partial charge in [-0.15, -0.1) is 0 Å². The molecule has 0 saturated carbocycles. The van der Waals surface area contributed by atoms with Crippen LogP contribution < -0.4 is 5.73 Å². The number of piperazine rings is 1. The number of hydrogen-bond donors (Lipinski definition) is 1. The highest BCUT2D eigenvalue weighted by Crippen LogP contribution is 2.11. The molecule has 0 spiro atoms. The lowest BCUT2D eigenvalue weighted by Gasteiger charge is -2.34. The van der Waals surface area contributed by atoms with Crippen molar-refractivity contribution in [2.75, 3.05) is 32.7 Å². The van der Waals surface area contributed by atoms with Gasteiger partial charge in [-0.1, -0.05) is 5.16 Å². The summed E-state index contributed by atoms with van der Waals surface area (Å²) in [6.07, 6.45) is 2.45. The Morgan fingerprint density at radius 1 is 1.35 bits per heavy atom. The second-order valence-electron chi connectivity index (χ2n) is 5.34. The van der Waals surface area contributed by atoms with E-state index in [9.17, 15) is 4.79 Å². The Hall–Kier alpha value is -1.40. The molecule has 2 rings (SSSR count). The summed E-state index contributed by atoms with van der Waals surface area (Å²) in [6.45, 7) is 6.74. The number of aromatic nitrogens is 1. The molecular formula is C14H24N4O2. The third-order valence-corrected chi connectivity index (χ3v) is 3.63. The van der Waals surface area contributed by atoms with E-state index in [0.29, 0.717) is 13.0 Å². The molecule has 1 amide bonds. The average molecular weight is 280 g/mol. The topological polar surface area (TPSA) is 75.6 Å². The van der Waals surface area contributed by atoms with Crippen LogP contribution in [0.1, 0.15) is 30.7 Å². The standard InChI is InChI=1S/C14H24N4O2/c1-12-10-13(20-16-12)11-17-6-8-18(9-7-17)14(19)4-2-3-5-15/h10H,2-9,11,15H2,1H3. The van der Waals surface area contributed by atoms with Gasteiger partial charge >= 0.3 is 0 Å². The Morgan fingerprint density at radius 2 is 2.10 bits per heavy atom. The van der Waals surface area contributed by atoms with E-state index in [2.05, 4.69) is 10.1 Å². The van der Waals surface area contributed by atoms with Crippen molar-refractivity contribution in [2.24, 2.45) is 5.73 Å². The molecule has 1 aliphatic rings. The maximum Gasteiger partial charge on any atom is 0.222 e. The van der Waals surface area contributed by atoms with Crippen molar-refractivity contribution in [3.8, 4) is 0 Å². The molecule has 1 fully saturated rings. The zero-order valence-electron chi connectivity index (χ0n) is 12.2. The Morgan fingerprint density at radius 3 is 2.70 bits per heavy atom. The van der Waals surface area contributed by atoms with E-state index in [4.69, 9.17) is 10.3 Å². The summed E-state index contributed by atoms with van der Waals surface area (Å²) in [4.78, 5) is 16.2. The van der Waals surface area contributed by atoms with Gasteiger partial charge in [0.1, 0.15) is 0 Å². The first-order chi connectivity index (χ1) is 9.69. The van der Waals surface area contributed by atoms with Gasteiger partial charge in [-0.05, 0) is 26.3 Å². The lowest BCUT2D eigenvalue weighted by molar-refractivity contribution is -0.133. The quantitative estimate of drug-likeness (QED) is 0.778. The minimum atomic E-state index is 0.258. The number of aryl methyl sites for hydroxylation is 1. The third-order valence-electron chi connectivity index (χ3n) is 3.63. The van der Waals surface area contributed by atoms with Gasteiger partial charge in [0.25, 0.3) is 0 Å². The van der Waals surface area contributed by atoms with E-state index in [1.165, 1.54) is 0 Å². The summed E-state index contributed by atoms with van der Waals surface area (Å²) in [5.41, 5.74) is 6.35. The maximum atomic E-state index is 12.0. The summed E-state index contributed by atoms with van der Waals surface area (Å²) in [5.74, 6) is 1.15. The molecule has 1 aromatic rings. The number of amides is 1. The van der Waals surface area contributed by atoms with Crippen LogP contribution >= 0.6 is 0 Å². The largest absolute Gasteiger partial charge is 0.360 e. The van der Waals surface area contributed by atoms with Crippen molar-refractivity contribution in [3.63, 3.8) is 0 Å². The molecule has 1 aliphatic heterocycles. The molecule has 6 heteroatoms. The smallest absolute Gasteiger partial charge is 0.222 e. The molecule has 20 heavy (non-hydrogen) atoms. The van der Waals surface area contributed by atoms with Crippen molar-refractivity contribution in [1.82, 2.24) is 15.0 Å². The number of carbonyl (C=O) groups is 1. The van der Waals surface area contributed by atoms with Gasteiger partial charge in [0.05, 0.1) is 12.2 Å². The Kier molecular flexibility index (Phi) is 5.55. The van der Waals surface area contributed by atoms with Gasteiger partial charge in [0.2, 0.25) is 5.91 Å². The van der Waals surface area contributed by atoms with Crippen LogP contribution in [0.3, 0.4) is 0 Å². The number of unbranched alkanes of at least 4 members (excludes halogenated alkanes) is 1. The lowest BCUT2D eigenvalue weighted by Crippen LogP contribution is -2.48. The molecule has 112 valence electrons. The number of hydrogen-bond acceptors (Lipinski definition) is 5. The predicted molar refractivity (Wildman–Crippen MR) is 76.0 cm³/mol. The van der Waals surface area contributed by atoms with Crippen LogP contribution in [0.25, 0.3) is 0 Å². The fourth-order valence-electron chi connectivity index (χ4n) is 2.45. The zero-order chi connectivity index (χ0) is 14.4. The molecule has 0 radical (unpaired) electrons. The molecule has 0 atom stereocenters. The fraction of sp³-hybridized carbons (Fsp3) is 0.714. The van der Waals surface area contributed by atoms with Gasteiger partial charge in [0, 0.05) is 38.7 Å². The first-order valence-electron chi connectivity index (χ1n) is 7.31. The van der Waals surface area contributed by atoms with E-state index < -0.39 is 0 Å². The molecule has 0 unspecified atom stereocenters. The minimum Gasteiger partial charge on any atom is -0.360 e. The monoisotopic (exact) mass is 280 g/mol. The Balaban J connectivity index is 1.70. The lowest BCUT2D eigenvalue weighted by atomic mass is 10.2. The maximum absolute atomic E-state index is 12.0. The number of rotatable bonds is 6. The van der Waals surface area contributed by atoms with E-state index in [-0.39, 0.29) is 5.91 Å². The van der Waals surface area contributed by atoms with Crippen molar-refractivity contribution >= 4 is 5.91 Å². The van der Waals surface area contributed by atoms with Gasteiger partial charge in [-0.2, -0.15) is 0 Å². The molecule has 0 bridgehead atoms. The van der Waals surface area contributed by atoms with E-state index in [1.54, 1.807) is 0 Å². The van der Waals surface area contributed by atoms with Crippen molar-refractivity contribution in [1.29, 1.82) is 0 Å². The van der Waals surface area contributed by atoms with Crippen LogP contribution in [-0.2, 0) is 11.3 Å². The molecule has 1 saturated heterocycles. The molecule has 0 aliphatic carbocycles. The molecular weight excluding hydrogens is 256 g/mol. The van der Waals surface area contributed by atoms with Crippen molar-refractivity contribution < 1.29 is 9.32 Å². The van der Waals surface area contributed by atoms with Crippen LogP contribution in [0, 0.1) is 6.92 Å². The van der Waals surface area contributed by atoms with Gasteiger partial charge in [0.15, 0.2) is 5.76 Å². The van der Waals surface area contributed by atoms with Gasteiger partial charge in [-0.25, -0.2) is 0 Å². The third kappa shape index (κ3) is 4.31. The molecule has 1 aromatic heterocycles. The van der Waals surface area contributed by atoms with Crippen LogP contribution in [0.2, 0.25) is 0 Å². The second-order valence-corrected chi connectivity index (χ2v) is 5.34. The fourth-order valence-corrected chi connectivity index (χ4v) is 2.45. The highest BCUT2D eigenvalue weighted by Gasteiger charge is 2.21. The number of nitrogens with two attached hydrogens (primary N) is 1. The minimum absolute atomic E-state index is 0.258. The first-order valence-corrected chi connectivity index (χ1v) is 7.31. The van der Waals surface area contributed by atoms with Crippen LogP contribution in [0.5, 0.6) is 0 Å². The summed E-state index contributed by atoms with van der Waals surface area (Å²) >= 11 is 0. The first kappa shape index (κ1) is 15.0. The van der Waals surface area contributed by atoms with Crippen LogP contribution in [0.4, 0.5) is 0 Å². The average Bonchev–Trinajstić information content (AvgIpc) is 2.85. The number of carbonyl (C=O) groups excluding carboxylic acids is 1. The van der Waals surface area contributed by atoms with Gasteiger partial charge in [-0.3, -0.25) is 9.69 Å². The highest BCUT2D eigenvalue weighted by atomic mass is 16.5. The summed E-state index contributed by atoms with van der Waals surface area (Å²) in [7, 11) is 0. The normalized spacial score (nSPS) is 16.6. The molecule has 0 aromatic carbocycles. The van der Waals surface area contributed by atoms with E-state index in [0.717, 1.165) is 57.0 Å². The van der Waals surface area contributed by atoms with E-state index in [1.807, 2.05) is 17.9 Å². The van der Waals surface area contributed by atoms with Crippen LogP contribution in [-0.4, -0.2) is 53.6 Å². The highest BCUT2D eigenvalue weighted by molar-refractivity contribution is 5.76. The van der Waals surface area contributed by atoms with Gasteiger partial charge < -0.3 is 15.2 Å². The molecule has 6 nitrogen and oxygen atoms in total. The predicted octanol–water partition coefficient (Wildman–Crippen LogP) is 0.756. The summed E-state index contributed by atoms with van der Waals surface area (Å²) in [5, 5.41) is 3.89. The van der Waals surface area contributed by atoms with Crippen molar-refractivity contribution in [3.05, 3.63) is 17.5 Å². The number of nitrogens with zero attached hydrogens (tertiary/aromatic N) is 3. The SMILES string of the molecule is Cc1cc(CN2CCN(C(=O)CCCCN)CC2)on1. The van der Waals surface area contributed by atoms with Crippen LogP contribution in [0.15, 0.2) is 10.6 Å². The molecule has 2 N–H and O–H groups in total. The van der Waals surface area contributed by atoms with E-state index >= 15 is 0 Å².